The van der Waals surface area contributed by atoms with Gasteiger partial charge in [-0.2, -0.15) is 11.8 Å². The molecule has 0 bridgehead atoms. The summed E-state index contributed by atoms with van der Waals surface area (Å²) < 4.78 is 6.14. The van der Waals surface area contributed by atoms with Gasteiger partial charge >= 0.3 is 0 Å². The normalized spacial score (nSPS) is 21.0. The van der Waals surface area contributed by atoms with Gasteiger partial charge in [-0.1, -0.05) is 0 Å². The summed E-state index contributed by atoms with van der Waals surface area (Å²) in [5.41, 5.74) is 3.15. The van der Waals surface area contributed by atoms with Crippen LogP contribution in [-0.4, -0.2) is 41.9 Å². The highest BCUT2D eigenvalue weighted by atomic mass is 35.5. The quantitative estimate of drug-likeness (QED) is 0.902. The van der Waals surface area contributed by atoms with E-state index in [4.69, 9.17) is 4.74 Å². The summed E-state index contributed by atoms with van der Waals surface area (Å²) >= 11 is 1.83. The second-order valence-corrected chi connectivity index (χ2v) is 7.32. The van der Waals surface area contributed by atoms with Gasteiger partial charge in [0.2, 0.25) is 0 Å². The Morgan fingerprint density at radius 1 is 1.35 bits per heavy atom. The van der Waals surface area contributed by atoms with Crippen molar-refractivity contribution in [3.05, 3.63) is 39.7 Å². The van der Waals surface area contributed by atoms with Crippen LogP contribution in [0.5, 0.6) is 5.75 Å². The summed E-state index contributed by atoms with van der Waals surface area (Å²) in [6.07, 6.45) is 2.32. The van der Waals surface area contributed by atoms with Gasteiger partial charge in [0, 0.05) is 35.3 Å². The van der Waals surface area contributed by atoms with E-state index in [-0.39, 0.29) is 24.1 Å². The fourth-order valence-corrected chi connectivity index (χ4v) is 4.42. The van der Waals surface area contributed by atoms with Crippen molar-refractivity contribution < 1.29 is 4.74 Å². The lowest BCUT2D eigenvalue weighted by Crippen LogP contribution is -2.21. The maximum atomic E-state index is 12.2. The number of likely N-dealkylation sites (N-methyl/N-ethyl adjacent to an activating group) is 1. The molecule has 1 aromatic carbocycles. The summed E-state index contributed by atoms with van der Waals surface area (Å²) in [5, 5.41) is 1.15. The number of pyridine rings is 1. The number of nitrogens with zero attached hydrogens (tertiary/aromatic N) is 1. The molecule has 2 aliphatic rings. The maximum Gasteiger partial charge on any atom is 0.252 e. The minimum atomic E-state index is 0. The van der Waals surface area contributed by atoms with Crippen LogP contribution >= 0.6 is 24.2 Å². The zero-order chi connectivity index (χ0) is 15.1. The van der Waals surface area contributed by atoms with Gasteiger partial charge in [0.15, 0.2) is 0 Å². The van der Waals surface area contributed by atoms with Crippen LogP contribution in [0.1, 0.15) is 17.5 Å². The SMILES string of the molecule is CN1CCC(Oc2ccc3[nH]c(=O)c4c(c3c2)CCSC4)C1.Cl. The fraction of sp³-hybridized carbons (Fsp3) is 0.471. The van der Waals surface area contributed by atoms with Crippen molar-refractivity contribution in [3.63, 3.8) is 0 Å². The molecule has 1 saturated heterocycles. The number of H-pyrrole nitrogens is 1. The van der Waals surface area contributed by atoms with Gasteiger partial charge in [0.05, 0.1) is 0 Å². The predicted octanol–water partition coefficient (Wildman–Crippen LogP) is 2.82. The number of likely N-dealkylation sites (tertiary alicyclic amines) is 1. The first-order valence-corrected chi connectivity index (χ1v) is 8.97. The minimum absolute atomic E-state index is 0. The van der Waals surface area contributed by atoms with Crippen molar-refractivity contribution in [3.8, 4) is 5.75 Å². The Morgan fingerprint density at radius 2 is 2.22 bits per heavy atom. The van der Waals surface area contributed by atoms with Crippen LogP contribution in [0, 0.1) is 0 Å². The highest BCUT2D eigenvalue weighted by Gasteiger charge is 2.22. The van der Waals surface area contributed by atoms with E-state index in [1.807, 2.05) is 23.9 Å². The number of fused-ring (bicyclic) bond motifs is 3. The molecule has 23 heavy (non-hydrogen) atoms. The summed E-state index contributed by atoms with van der Waals surface area (Å²) in [6.45, 7) is 2.08. The Bertz CT molecular complexity index is 777. The molecule has 124 valence electrons. The molecule has 3 heterocycles. The fourth-order valence-electron chi connectivity index (χ4n) is 3.42. The lowest BCUT2D eigenvalue weighted by atomic mass is 10.0. The Balaban J connectivity index is 0.00000156. The molecule has 2 aliphatic heterocycles. The largest absolute Gasteiger partial charge is 0.489 e. The third-order valence-corrected chi connectivity index (χ3v) is 5.58. The molecule has 1 aromatic heterocycles. The number of hydrogen-bond donors (Lipinski definition) is 1. The third-order valence-electron chi connectivity index (χ3n) is 4.60. The number of nitrogens with one attached hydrogen (secondary N) is 1. The van der Waals surface area contributed by atoms with E-state index in [9.17, 15) is 4.79 Å². The lowest BCUT2D eigenvalue weighted by Gasteiger charge is -2.18. The Kier molecular flexibility index (Phi) is 4.90. The van der Waals surface area contributed by atoms with Crippen LogP contribution in [0.2, 0.25) is 0 Å². The molecule has 1 unspecified atom stereocenters. The van der Waals surface area contributed by atoms with Crippen molar-refractivity contribution in [2.75, 3.05) is 25.9 Å². The molecular formula is C17H21ClN2O2S. The second-order valence-electron chi connectivity index (χ2n) is 6.21. The van der Waals surface area contributed by atoms with Crippen LogP contribution in [-0.2, 0) is 12.2 Å². The molecule has 1 atom stereocenters. The molecular weight excluding hydrogens is 332 g/mol. The van der Waals surface area contributed by atoms with Gasteiger partial charge in [-0.25, -0.2) is 0 Å². The number of halogens is 1. The Morgan fingerprint density at radius 3 is 3.00 bits per heavy atom. The molecule has 4 nitrogen and oxygen atoms in total. The number of ether oxygens (including phenoxy) is 1. The molecule has 1 N–H and O–H groups in total. The number of aromatic amines is 1. The van der Waals surface area contributed by atoms with E-state index < -0.39 is 0 Å². The van der Waals surface area contributed by atoms with Crippen LogP contribution in [0.3, 0.4) is 0 Å². The zero-order valence-electron chi connectivity index (χ0n) is 13.1. The molecule has 0 spiro atoms. The number of thioether (sulfide) groups is 1. The van der Waals surface area contributed by atoms with Gasteiger partial charge in [0.1, 0.15) is 11.9 Å². The number of benzene rings is 1. The van der Waals surface area contributed by atoms with Gasteiger partial charge in [-0.3, -0.25) is 4.79 Å². The Hall–Kier alpha value is -1.17. The standard InChI is InChI=1S/C17H20N2O2S.ClH/c1-19-6-4-12(9-19)21-11-2-3-16-14(8-11)13-5-7-22-10-15(13)17(20)18-16;/h2-3,8,12H,4-7,9-10H2,1H3,(H,18,20);1H. The molecule has 0 aliphatic carbocycles. The molecule has 0 amide bonds. The molecule has 4 rings (SSSR count). The van der Waals surface area contributed by atoms with E-state index >= 15 is 0 Å². The highest BCUT2D eigenvalue weighted by Crippen LogP contribution is 2.30. The van der Waals surface area contributed by atoms with Crippen molar-refractivity contribution >= 4 is 35.1 Å². The summed E-state index contributed by atoms with van der Waals surface area (Å²) in [6, 6.07) is 6.06. The molecule has 6 heteroatoms. The summed E-state index contributed by atoms with van der Waals surface area (Å²) in [5.74, 6) is 2.82. The van der Waals surface area contributed by atoms with Crippen LogP contribution < -0.4 is 10.3 Å². The Labute approximate surface area is 146 Å². The average Bonchev–Trinajstić information content (AvgIpc) is 2.93. The van der Waals surface area contributed by atoms with Gasteiger partial charge in [0.25, 0.3) is 5.56 Å². The predicted molar refractivity (Wildman–Crippen MR) is 98.2 cm³/mol. The van der Waals surface area contributed by atoms with Gasteiger partial charge in [-0.05, 0) is 49.4 Å². The van der Waals surface area contributed by atoms with Crippen LogP contribution in [0.25, 0.3) is 10.9 Å². The molecule has 1 fully saturated rings. The number of aromatic nitrogens is 1. The summed E-state index contributed by atoms with van der Waals surface area (Å²) in [7, 11) is 2.13. The monoisotopic (exact) mass is 352 g/mol. The van der Waals surface area contributed by atoms with Gasteiger partial charge in [-0.15, -0.1) is 12.4 Å². The van der Waals surface area contributed by atoms with Crippen LogP contribution in [0.15, 0.2) is 23.0 Å². The van der Waals surface area contributed by atoms with E-state index in [1.165, 1.54) is 5.56 Å². The first-order valence-electron chi connectivity index (χ1n) is 7.81. The maximum absolute atomic E-state index is 12.2. The lowest BCUT2D eigenvalue weighted by molar-refractivity contribution is 0.208. The van der Waals surface area contributed by atoms with Crippen molar-refractivity contribution in [1.29, 1.82) is 0 Å². The van der Waals surface area contributed by atoms with Gasteiger partial charge < -0.3 is 14.6 Å². The molecule has 2 aromatic rings. The molecule has 0 radical (unpaired) electrons. The van der Waals surface area contributed by atoms with Crippen LogP contribution in [0.4, 0.5) is 0 Å². The van der Waals surface area contributed by atoms with Crippen molar-refractivity contribution in [1.82, 2.24) is 9.88 Å². The van der Waals surface area contributed by atoms with E-state index in [0.717, 1.165) is 59.7 Å². The number of rotatable bonds is 2. The molecule has 0 saturated carbocycles. The van der Waals surface area contributed by atoms with Crippen molar-refractivity contribution in [2.45, 2.75) is 24.7 Å². The van der Waals surface area contributed by atoms with E-state index in [2.05, 4.69) is 23.0 Å². The van der Waals surface area contributed by atoms with E-state index in [0.29, 0.717) is 0 Å². The minimum Gasteiger partial charge on any atom is -0.489 e. The van der Waals surface area contributed by atoms with Crippen molar-refractivity contribution in [2.24, 2.45) is 0 Å². The topological polar surface area (TPSA) is 45.3 Å². The third kappa shape index (κ3) is 3.23. The highest BCUT2D eigenvalue weighted by molar-refractivity contribution is 7.98. The summed E-state index contributed by atoms with van der Waals surface area (Å²) in [4.78, 5) is 17.5. The average molecular weight is 353 g/mol. The smallest absolute Gasteiger partial charge is 0.252 e. The zero-order valence-corrected chi connectivity index (χ0v) is 14.8. The second kappa shape index (κ2) is 6.75. The number of aryl methyl sites for hydroxylation is 1. The first-order chi connectivity index (χ1) is 10.7. The number of hydrogen-bond acceptors (Lipinski definition) is 4. The van der Waals surface area contributed by atoms with E-state index in [1.54, 1.807) is 0 Å². The first kappa shape index (κ1) is 16.7.